The van der Waals surface area contributed by atoms with Gasteiger partial charge in [-0.2, -0.15) is 0 Å². The Balaban J connectivity index is 1.35. The predicted octanol–water partition coefficient (Wildman–Crippen LogP) is 2.74. The Morgan fingerprint density at radius 1 is 1.12 bits per heavy atom. The molecule has 3 heterocycles. The van der Waals surface area contributed by atoms with Gasteiger partial charge in [-0.3, -0.25) is 9.69 Å². The fourth-order valence-electron chi connectivity index (χ4n) is 3.14. The lowest BCUT2D eigenvalue weighted by atomic mass is 10.1. The van der Waals surface area contributed by atoms with Crippen molar-refractivity contribution in [2.45, 2.75) is 13.5 Å². The third-order valence-corrected chi connectivity index (χ3v) is 5.56. The van der Waals surface area contributed by atoms with Crippen LogP contribution < -0.4 is 9.47 Å². The van der Waals surface area contributed by atoms with Crippen LogP contribution >= 0.6 is 11.3 Å². The van der Waals surface area contributed by atoms with Crippen molar-refractivity contribution in [1.29, 1.82) is 0 Å². The van der Waals surface area contributed by atoms with Gasteiger partial charge in [-0.1, -0.05) is 6.07 Å². The number of benzene rings is 1. The summed E-state index contributed by atoms with van der Waals surface area (Å²) in [5, 5.41) is 1.98. The largest absolute Gasteiger partial charge is 0.454 e. The number of carbonyl (C=O) groups is 1. The maximum absolute atomic E-state index is 12.6. The molecule has 0 radical (unpaired) electrons. The first kappa shape index (κ1) is 15.5. The lowest BCUT2D eigenvalue weighted by molar-refractivity contribution is 0.0632. The van der Waals surface area contributed by atoms with E-state index in [1.807, 2.05) is 29.3 Å². The average molecular weight is 344 g/mol. The van der Waals surface area contributed by atoms with Crippen LogP contribution in [0.4, 0.5) is 0 Å². The lowest BCUT2D eigenvalue weighted by Gasteiger charge is -2.34. The van der Waals surface area contributed by atoms with E-state index in [1.165, 1.54) is 16.9 Å². The van der Waals surface area contributed by atoms with E-state index in [1.54, 1.807) is 0 Å². The van der Waals surface area contributed by atoms with Crippen LogP contribution in [0.25, 0.3) is 0 Å². The summed E-state index contributed by atoms with van der Waals surface area (Å²) in [4.78, 5) is 17.8. The average Bonchev–Trinajstić information content (AvgIpc) is 3.23. The van der Waals surface area contributed by atoms with E-state index in [4.69, 9.17) is 9.47 Å². The molecule has 0 spiro atoms. The van der Waals surface area contributed by atoms with Gasteiger partial charge in [0, 0.05) is 32.7 Å². The number of carbonyl (C=O) groups excluding carboxylic acids is 1. The number of thiophene rings is 1. The van der Waals surface area contributed by atoms with E-state index in [9.17, 15) is 4.79 Å². The van der Waals surface area contributed by atoms with Gasteiger partial charge < -0.3 is 14.4 Å². The minimum absolute atomic E-state index is 0.172. The zero-order valence-electron chi connectivity index (χ0n) is 13.7. The molecule has 0 saturated carbocycles. The SMILES string of the molecule is Cc1ccsc1C(=O)N1CCN(Cc2ccc3c(c2)OCO3)CC1. The van der Waals surface area contributed by atoms with E-state index in [2.05, 4.69) is 17.0 Å². The van der Waals surface area contributed by atoms with Crippen LogP contribution in [0.1, 0.15) is 20.8 Å². The maximum atomic E-state index is 12.6. The van der Waals surface area contributed by atoms with Gasteiger partial charge in [-0.15, -0.1) is 11.3 Å². The minimum atomic E-state index is 0.172. The van der Waals surface area contributed by atoms with E-state index in [0.29, 0.717) is 6.79 Å². The molecule has 1 aromatic carbocycles. The second-order valence-corrected chi connectivity index (χ2v) is 7.10. The van der Waals surface area contributed by atoms with Gasteiger partial charge in [0.25, 0.3) is 5.91 Å². The number of nitrogens with zero attached hydrogens (tertiary/aromatic N) is 2. The zero-order valence-corrected chi connectivity index (χ0v) is 14.5. The Hall–Kier alpha value is -2.05. The van der Waals surface area contributed by atoms with Crippen LogP contribution in [0, 0.1) is 6.92 Å². The molecule has 0 unspecified atom stereocenters. The number of aryl methyl sites for hydroxylation is 1. The van der Waals surface area contributed by atoms with Crippen LogP contribution in [0.15, 0.2) is 29.6 Å². The third-order valence-electron chi connectivity index (χ3n) is 4.56. The Bertz CT molecular complexity index is 750. The van der Waals surface area contributed by atoms with Crippen molar-refractivity contribution in [3.05, 3.63) is 45.6 Å². The molecule has 126 valence electrons. The van der Waals surface area contributed by atoms with Gasteiger partial charge in [0.05, 0.1) is 4.88 Å². The summed E-state index contributed by atoms with van der Waals surface area (Å²) in [7, 11) is 0. The smallest absolute Gasteiger partial charge is 0.264 e. The van der Waals surface area contributed by atoms with Crippen molar-refractivity contribution in [3.63, 3.8) is 0 Å². The molecule has 1 aromatic heterocycles. The van der Waals surface area contributed by atoms with Crippen LogP contribution in [-0.2, 0) is 6.54 Å². The first-order valence-electron chi connectivity index (χ1n) is 8.15. The molecular weight excluding hydrogens is 324 g/mol. The molecule has 2 aliphatic heterocycles. The molecule has 0 atom stereocenters. The van der Waals surface area contributed by atoms with Gasteiger partial charge in [-0.05, 0) is 41.6 Å². The fourth-order valence-corrected chi connectivity index (χ4v) is 4.03. The fraction of sp³-hybridized carbons (Fsp3) is 0.389. The summed E-state index contributed by atoms with van der Waals surface area (Å²) in [6, 6.07) is 8.11. The van der Waals surface area contributed by atoms with Gasteiger partial charge in [0.2, 0.25) is 6.79 Å². The lowest BCUT2D eigenvalue weighted by Crippen LogP contribution is -2.48. The minimum Gasteiger partial charge on any atom is -0.454 e. The number of piperazine rings is 1. The number of amides is 1. The molecule has 2 aromatic rings. The summed E-state index contributed by atoms with van der Waals surface area (Å²) in [6.07, 6.45) is 0. The summed E-state index contributed by atoms with van der Waals surface area (Å²) >= 11 is 1.54. The highest BCUT2D eigenvalue weighted by molar-refractivity contribution is 7.12. The molecule has 4 rings (SSSR count). The van der Waals surface area contributed by atoms with Crippen molar-refractivity contribution in [2.75, 3.05) is 33.0 Å². The number of ether oxygens (including phenoxy) is 2. The number of fused-ring (bicyclic) bond motifs is 1. The van der Waals surface area contributed by atoms with Crippen molar-refractivity contribution in [3.8, 4) is 11.5 Å². The van der Waals surface area contributed by atoms with E-state index < -0.39 is 0 Å². The highest BCUT2D eigenvalue weighted by Crippen LogP contribution is 2.32. The highest BCUT2D eigenvalue weighted by atomic mass is 32.1. The Labute approximate surface area is 145 Å². The quantitative estimate of drug-likeness (QED) is 0.859. The van der Waals surface area contributed by atoms with Gasteiger partial charge in [-0.25, -0.2) is 0 Å². The maximum Gasteiger partial charge on any atom is 0.264 e. The molecule has 6 heteroatoms. The molecule has 0 N–H and O–H groups in total. The number of hydrogen-bond acceptors (Lipinski definition) is 5. The Morgan fingerprint density at radius 3 is 2.67 bits per heavy atom. The normalized spacial score (nSPS) is 17.3. The van der Waals surface area contributed by atoms with Gasteiger partial charge in [0.1, 0.15) is 0 Å². The topological polar surface area (TPSA) is 42.0 Å². The second-order valence-electron chi connectivity index (χ2n) is 6.19. The van der Waals surface area contributed by atoms with Crippen molar-refractivity contribution in [1.82, 2.24) is 9.80 Å². The third kappa shape index (κ3) is 2.99. The predicted molar refractivity (Wildman–Crippen MR) is 92.8 cm³/mol. The van der Waals surface area contributed by atoms with Crippen molar-refractivity contribution >= 4 is 17.2 Å². The van der Waals surface area contributed by atoms with E-state index >= 15 is 0 Å². The summed E-state index contributed by atoms with van der Waals surface area (Å²) < 4.78 is 10.8. The van der Waals surface area contributed by atoms with Gasteiger partial charge >= 0.3 is 0 Å². The number of hydrogen-bond donors (Lipinski definition) is 0. The summed E-state index contributed by atoms with van der Waals surface area (Å²) in [5.74, 6) is 1.82. The number of rotatable bonds is 3. The van der Waals surface area contributed by atoms with Crippen LogP contribution in [0.2, 0.25) is 0 Å². The Morgan fingerprint density at radius 2 is 1.92 bits per heavy atom. The monoisotopic (exact) mass is 344 g/mol. The van der Waals surface area contributed by atoms with Crippen LogP contribution in [0.3, 0.4) is 0 Å². The van der Waals surface area contributed by atoms with E-state index in [0.717, 1.165) is 54.7 Å². The molecule has 5 nitrogen and oxygen atoms in total. The molecule has 1 amide bonds. The molecule has 1 fully saturated rings. The molecule has 24 heavy (non-hydrogen) atoms. The van der Waals surface area contributed by atoms with Gasteiger partial charge in [0.15, 0.2) is 11.5 Å². The summed E-state index contributed by atoms with van der Waals surface area (Å²) in [6.45, 7) is 6.52. The molecule has 0 bridgehead atoms. The zero-order chi connectivity index (χ0) is 16.5. The van der Waals surface area contributed by atoms with E-state index in [-0.39, 0.29) is 5.91 Å². The van der Waals surface area contributed by atoms with Crippen LogP contribution in [-0.4, -0.2) is 48.7 Å². The highest BCUT2D eigenvalue weighted by Gasteiger charge is 2.24. The first-order valence-corrected chi connectivity index (χ1v) is 9.03. The van der Waals surface area contributed by atoms with Crippen molar-refractivity contribution < 1.29 is 14.3 Å². The first-order chi connectivity index (χ1) is 11.7. The molecule has 0 aliphatic carbocycles. The molecular formula is C18H20N2O3S. The van der Waals surface area contributed by atoms with Crippen molar-refractivity contribution in [2.24, 2.45) is 0 Å². The standard InChI is InChI=1S/C18H20N2O3S/c1-13-4-9-24-17(13)18(21)20-7-5-19(6-8-20)11-14-2-3-15-16(10-14)23-12-22-15/h2-4,9-10H,5-8,11-12H2,1H3. The van der Waals surface area contributed by atoms with Crippen LogP contribution in [0.5, 0.6) is 11.5 Å². The molecule has 1 saturated heterocycles. The Kier molecular flexibility index (Phi) is 4.16. The summed E-state index contributed by atoms with van der Waals surface area (Å²) in [5.41, 5.74) is 2.29. The molecule has 2 aliphatic rings. The second kappa shape index (κ2) is 6.45.